The molecule has 3 nitrogen and oxygen atoms in total. The Kier molecular flexibility index (Phi) is 4.61. The standard InChI is InChI=1S/C15H24N2O/c1-12-5-7-17(8-6-12)11-13-3-4-14(10-16)15(9-13)18-2/h3-4,9,12H,5-8,10-11,16H2,1-2H3. The minimum atomic E-state index is 0.532. The van der Waals surface area contributed by atoms with E-state index in [0.717, 1.165) is 23.8 Å². The molecule has 1 aliphatic rings. The van der Waals surface area contributed by atoms with Gasteiger partial charge in [-0.3, -0.25) is 4.90 Å². The molecule has 0 aliphatic carbocycles. The maximum atomic E-state index is 5.69. The summed E-state index contributed by atoms with van der Waals surface area (Å²) in [5.41, 5.74) is 8.08. The minimum absolute atomic E-state index is 0.532. The minimum Gasteiger partial charge on any atom is -0.496 e. The molecule has 0 unspecified atom stereocenters. The topological polar surface area (TPSA) is 38.5 Å². The van der Waals surface area contributed by atoms with Crippen LogP contribution in [0.15, 0.2) is 18.2 Å². The Labute approximate surface area is 110 Å². The van der Waals surface area contributed by atoms with Crippen molar-refractivity contribution >= 4 is 0 Å². The molecule has 0 atom stereocenters. The van der Waals surface area contributed by atoms with E-state index in [4.69, 9.17) is 10.5 Å². The highest BCUT2D eigenvalue weighted by atomic mass is 16.5. The van der Waals surface area contributed by atoms with Gasteiger partial charge in [-0.1, -0.05) is 19.1 Å². The molecule has 2 rings (SSSR count). The Morgan fingerprint density at radius 3 is 2.67 bits per heavy atom. The predicted octanol–water partition coefficient (Wildman–Crippen LogP) is 2.39. The quantitative estimate of drug-likeness (QED) is 0.889. The van der Waals surface area contributed by atoms with Crippen LogP contribution >= 0.6 is 0 Å². The maximum absolute atomic E-state index is 5.69. The zero-order chi connectivity index (χ0) is 13.0. The highest BCUT2D eigenvalue weighted by molar-refractivity contribution is 5.37. The largest absolute Gasteiger partial charge is 0.496 e. The molecule has 0 saturated carbocycles. The van der Waals surface area contributed by atoms with Crippen LogP contribution < -0.4 is 10.5 Å². The predicted molar refractivity (Wildman–Crippen MR) is 74.6 cm³/mol. The lowest BCUT2D eigenvalue weighted by atomic mass is 9.98. The van der Waals surface area contributed by atoms with Crippen LogP contribution in [0.1, 0.15) is 30.9 Å². The van der Waals surface area contributed by atoms with Gasteiger partial charge in [-0.05, 0) is 43.5 Å². The second-order valence-corrected chi connectivity index (χ2v) is 5.31. The highest BCUT2D eigenvalue weighted by Gasteiger charge is 2.16. The van der Waals surface area contributed by atoms with Crippen LogP contribution in [0.3, 0.4) is 0 Å². The Bertz CT molecular complexity index is 384. The van der Waals surface area contributed by atoms with Crippen molar-refractivity contribution in [2.75, 3.05) is 20.2 Å². The van der Waals surface area contributed by atoms with Gasteiger partial charge >= 0.3 is 0 Å². The number of methoxy groups -OCH3 is 1. The van der Waals surface area contributed by atoms with Gasteiger partial charge in [0.25, 0.3) is 0 Å². The monoisotopic (exact) mass is 248 g/mol. The van der Waals surface area contributed by atoms with Crippen molar-refractivity contribution in [1.29, 1.82) is 0 Å². The van der Waals surface area contributed by atoms with E-state index in [-0.39, 0.29) is 0 Å². The first-order valence-corrected chi connectivity index (χ1v) is 6.81. The second-order valence-electron chi connectivity index (χ2n) is 5.31. The van der Waals surface area contributed by atoms with Gasteiger partial charge in [0.05, 0.1) is 7.11 Å². The molecular formula is C15H24N2O. The van der Waals surface area contributed by atoms with Crippen molar-refractivity contribution in [3.63, 3.8) is 0 Å². The number of nitrogens with zero attached hydrogens (tertiary/aromatic N) is 1. The van der Waals surface area contributed by atoms with Gasteiger partial charge in [0.2, 0.25) is 0 Å². The van der Waals surface area contributed by atoms with Crippen LogP contribution in [-0.4, -0.2) is 25.1 Å². The van der Waals surface area contributed by atoms with Crippen molar-refractivity contribution in [2.45, 2.75) is 32.9 Å². The van der Waals surface area contributed by atoms with E-state index in [0.29, 0.717) is 6.54 Å². The summed E-state index contributed by atoms with van der Waals surface area (Å²) in [6, 6.07) is 6.38. The summed E-state index contributed by atoms with van der Waals surface area (Å²) in [6.45, 7) is 6.32. The van der Waals surface area contributed by atoms with Crippen LogP contribution in [0.25, 0.3) is 0 Å². The van der Waals surface area contributed by atoms with Crippen LogP contribution in [0.5, 0.6) is 5.75 Å². The van der Waals surface area contributed by atoms with E-state index in [1.54, 1.807) is 7.11 Å². The maximum Gasteiger partial charge on any atom is 0.123 e. The SMILES string of the molecule is COc1cc(CN2CCC(C)CC2)ccc1CN. The van der Waals surface area contributed by atoms with E-state index in [9.17, 15) is 0 Å². The average molecular weight is 248 g/mol. The highest BCUT2D eigenvalue weighted by Crippen LogP contribution is 2.22. The summed E-state index contributed by atoms with van der Waals surface area (Å²) >= 11 is 0. The molecule has 100 valence electrons. The number of benzene rings is 1. The Balaban J connectivity index is 2.01. The fraction of sp³-hybridized carbons (Fsp3) is 0.600. The van der Waals surface area contributed by atoms with Crippen molar-refractivity contribution in [3.05, 3.63) is 29.3 Å². The molecule has 1 fully saturated rings. The molecule has 0 radical (unpaired) electrons. The number of rotatable bonds is 4. The molecule has 1 aliphatic heterocycles. The number of ether oxygens (including phenoxy) is 1. The number of piperidine rings is 1. The lowest BCUT2D eigenvalue weighted by Gasteiger charge is -2.30. The number of likely N-dealkylation sites (tertiary alicyclic amines) is 1. The molecule has 0 spiro atoms. The van der Waals surface area contributed by atoms with Gasteiger partial charge in [0.1, 0.15) is 5.75 Å². The van der Waals surface area contributed by atoms with Crippen molar-refractivity contribution in [3.8, 4) is 5.75 Å². The molecule has 1 heterocycles. The fourth-order valence-electron chi connectivity index (χ4n) is 2.53. The van der Waals surface area contributed by atoms with Gasteiger partial charge < -0.3 is 10.5 Å². The van der Waals surface area contributed by atoms with Gasteiger partial charge in [0.15, 0.2) is 0 Å². The van der Waals surface area contributed by atoms with E-state index in [1.165, 1.54) is 31.5 Å². The third kappa shape index (κ3) is 3.24. The summed E-state index contributed by atoms with van der Waals surface area (Å²) in [4.78, 5) is 2.52. The van der Waals surface area contributed by atoms with E-state index < -0.39 is 0 Å². The van der Waals surface area contributed by atoms with Crippen molar-refractivity contribution < 1.29 is 4.74 Å². The van der Waals surface area contributed by atoms with Crippen LogP contribution in [-0.2, 0) is 13.1 Å². The zero-order valence-corrected chi connectivity index (χ0v) is 11.5. The van der Waals surface area contributed by atoms with Gasteiger partial charge in [-0.15, -0.1) is 0 Å². The first kappa shape index (κ1) is 13.4. The molecule has 1 aromatic rings. The molecule has 0 bridgehead atoms. The third-order valence-corrected chi connectivity index (χ3v) is 3.85. The molecule has 1 saturated heterocycles. The average Bonchev–Trinajstić information content (AvgIpc) is 2.41. The third-order valence-electron chi connectivity index (χ3n) is 3.85. The summed E-state index contributed by atoms with van der Waals surface area (Å²) in [5.74, 6) is 1.80. The van der Waals surface area contributed by atoms with E-state index >= 15 is 0 Å². The van der Waals surface area contributed by atoms with E-state index in [1.807, 2.05) is 0 Å². The Hall–Kier alpha value is -1.06. The van der Waals surface area contributed by atoms with Crippen molar-refractivity contribution in [2.24, 2.45) is 11.7 Å². The van der Waals surface area contributed by atoms with Crippen LogP contribution in [0, 0.1) is 5.92 Å². The Morgan fingerprint density at radius 1 is 1.33 bits per heavy atom. The molecule has 0 amide bonds. The number of hydrogen-bond donors (Lipinski definition) is 1. The number of nitrogens with two attached hydrogens (primary N) is 1. The molecular weight excluding hydrogens is 224 g/mol. The number of hydrogen-bond acceptors (Lipinski definition) is 3. The van der Waals surface area contributed by atoms with Crippen LogP contribution in [0.4, 0.5) is 0 Å². The summed E-state index contributed by atoms with van der Waals surface area (Å²) < 4.78 is 5.38. The molecule has 18 heavy (non-hydrogen) atoms. The molecule has 0 aromatic heterocycles. The van der Waals surface area contributed by atoms with Gasteiger partial charge in [-0.25, -0.2) is 0 Å². The van der Waals surface area contributed by atoms with Crippen molar-refractivity contribution in [1.82, 2.24) is 4.90 Å². The lowest BCUT2D eigenvalue weighted by molar-refractivity contribution is 0.185. The Morgan fingerprint density at radius 2 is 2.06 bits per heavy atom. The summed E-state index contributed by atoms with van der Waals surface area (Å²) in [6.07, 6.45) is 2.63. The normalized spacial score (nSPS) is 17.9. The van der Waals surface area contributed by atoms with Crippen LogP contribution in [0.2, 0.25) is 0 Å². The summed E-state index contributed by atoms with van der Waals surface area (Å²) in [5, 5.41) is 0. The van der Waals surface area contributed by atoms with E-state index in [2.05, 4.69) is 30.0 Å². The van der Waals surface area contributed by atoms with Gasteiger partial charge in [0, 0.05) is 18.7 Å². The first-order valence-electron chi connectivity index (χ1n) is 6.81. The molecule has 2 N–H and O–H groups in total. The second kappa shape index (κ2) is 6.21. The smallest absolute Gasteiger partial charge is 0.123 e. The first-order chi connectivity index (χ1) is 8.72. The fourth-order valence-corrected chi connectivity index (χ4v) is 2.53. The molecule has 3 heteroatoms. The zero-order valence-electron chi connectivity index (χ0n) is 11.5. The lowest BCUT2D eigenvalue weighted by Crippen LogP contribution is -2.32. The summed E-state index contributed by atoms with van der Waals surface area (Å²) in [7, 11) is 1.71. The molecule has 1 aromatic carbocycles. The van der Waals surface area contributed by atoms with Gasteiger partial charge in [-0.2, -0.15) is 0 Å².